The van der Waals surface area contributed by atoms with E-state index in [0.717, 1.165) is 111 Å². The van der Waals surface area contributed by atoms with Crippen LogP contribution in [-0.2, 0) is 43.3 Å². The molecule has 80 heavy (non-hydrogen) atoms. The zero-order valence-electron chi connectivity index (χ0n) is 56.4. The number of nitrogens with zero attached hydrogens (tertiary/aromatic N) is 2. The third kappa shape index (κ3) is 8.08. The van der Waals surface area contributed by atoms with Crippen LogP contribution in [0.4, 0.5) is 34.1 Å². The standard InChI is InChI=1S/C76H87BN2O/c1-69(2,3)48-24-27-50(28-25-48)79-64-39-47(52-30-26-49(70(4,5)6)40-53(52)46-22-20-19-21-23-46)38-63-66(64)77(68-67(79)54-42-57-60(45-65(54)80-68)76(17,18)37-34-73(57,11)12)61-43-58-59(75(15,16)36-35-74(58,13)14)44-62(61)78(63)51-29-31-55-56(41-51)72(9,10)33-32-71(55,7)8/h19-31,38-45H,32-37H2,1-18H3/i19D,20D,21D,22D,23D. The molecular weight excluding hydrogens is 968 g/mol. The number of rotatable bonds is 4. The van der Waals surface area contributed by atoms with E-state index in [2.05, 4.69) is 231 Å². The van der Waals surface area contributed by atoms with Crippen LogP contribution in [0.3, 0.4) is 0 Å². The van der Waals surface area contributed by atoms with Crippen molar-refractivity contribution in [3.63, 3.8) is 0 Å². The van der Waals surface area contributed by atoms with Crippen molar-refractivity contribution in [1.82, 2.24) is 0 Å². The molecule has 3 nitrogen and oxygen atoms in total. The van der Waals surface area contributed by atoms with Gasteiger partial charge in [0.25, 0.3) is 6.71 Å². The van der Waals surface area contributed by atoms with Crippen LogP contribution < -0.4 is 26.4 Å². The van der Waals surface area contributed by atoms with Crippen molar-refractivity contribution in [1.29, 1.82) is 0 Å². The van der Waals surface area contributed by atoms with Gasteiger partial charge in [0.15, 0.2) is 0 Å². The molecule has 0 fully saturated rings. The summed E-state index contributed by atoms with van der Waals surface area (Å²) in [5, 5.41) is 1.09. The Labute approximate surface area is 487 Å². The number of fused-ring (bicyclic) bond motifs is 9. The van der Waals surface area contributed by atoms with Crippen molar-refractivity contribution in [3.8, 4) is 22.3 Å². The molecule has 0 bridgehead atoms. The van der Waals surface area contributed by atoms with Gasteiger partial charge in [-0.1, -0.05) is 197 Å². The van der Waals surface area contributed by atoms with Crippen molar-refractivity contribution < 1.29 is 11.3 Å². The second-order valence-corrected chi connectivity index (χ2v) is 31.0. The van der Waals surface area contributed by atoms with Gasteiger partial charge in [0.2, 0.25) is 0 Å². The molecule has 5 aliphatic rings. The van der Waals surface area contributed by atoms with Gasteiger partial charge < -0.3 is 14.2 Å². The van der Waals surface area contributed by atoms with E-state index in [-0.39, 0.29) is 79.8 Å². The first-order valence-electron chi connectivity index (χ1n) is 32.5. The highest BCUT2D eigenvalue weighted by Gasteiger charge is 2.50. The van der Waals surface area contributed by atoms with Gasteiger partial charge in [-0.15, -0.1) is 0 Å². The highest BCUT2D eigenvalue weighted by molar-refractivity contribution is 7.00. The Morgan fingerprint density at radius 1 is 0.438 bits per heavy atom. The maximum atomic E-state index is 9.59. The molecule has 2 aliphatic heterocycles. The van der Waals surface area contributed by atoms with Crippen LogP contribution in [-0.4, -0.2) is 6.71 Å². The molecule has 7 aromatic carbocycles. The summed E-state index contributed by atoms with van der Waals surface area (Å²) in [5.74, 6) is 0. The van der Waals surface area contributed by atoms with Gasteiger partial charge in [0.1, 0.15) is 5.58 Å². The number of anilines is 6. The summed E-state index contributed by atoms with van der Waals surface area (Å²) in [6, 6.07) is 36.2. The summed E-state index contributed by atoms with van der Waals surface area (Å²) in [4.78, 5) is 5.08. The quantitative estimate of drug-likeness (QED) is 0.164. The lowest BCUT2D eigenvalue weighted by molar-refractivity contribution is 0.332. The predicted molar refractivity (Wildman–Crippen MR) is 344 cm³/mol. The lowest BCUT2D eigenvalue weighted by Crippen LogP contribution is -2.61. The summed E-state index contributed by atoms with van der Waals surface area (Å²) in [6.45, 7) is 42.0. The van der Waals surface area contributed by atoms with E-state index in [1.54, 1.807) is 0 Å². The average molecular weight is 1060 g/mol. The molecule has 410 valence electrons. The first kappa shape index (κ1) is 47.4. The van der Waals surface area contributed by atoms with Crippen LogP contribution in [0.15, 0.2) is 132 Å². The Morgan fingerprint density at radius 3 is 1.50 bits per heavy atom. The van der Waals surface area contributed by atoms with Gasteiger partial charge in [-0.25, -0.2) is 0 Å². The van der Waals surface area contributed by atoms with Crippen LogP contribution in [0.1, 0.15) is 215 Å². The molecule has 8 aromatic rings. The van der Waals surface area contributed by atoms with E-state index in [4.69, 9.17) is 8.53 Å². The molecule has 0 N–H and O–H groups in total. The second-order valence-electron chi connectivity index (χ2n) is 31.0. The Bertz CT molecular complexity index is 4150. The molecule has 1 aromatic heterocycles. The minimum Gasteiger partial charge on any atom is -0.468 e. The summed E-state index contributed by atoms with van der Waals surface area (Å²) < 4.78 is 53.8. The smallest absolute Gasteiger partial charge is 0.297 e. The van der Waals surface area contributed by atoms with Crippen LogP contribution in [0.2, 0.25) is 0 Å². The SMILES string of the molecule is [2H]c1c([2H])c([2H])c(-c2cc(C(C)(C)C)ccc2-c2cc3c4c(c2)N(c2ccc(C(C)(C)C)cc2)c2c(oc5cc6c(cc25)C(C)(C)CCC6(C)C)B4c2cc4c(cc2N3c2ccc3c(c2)C(C)(C)CCC3(C)C)C(C)(C)CCC4(C)C)c([2H])c1[2H]. The molecule has 0 saturated heterocycles. The molecule has 0 saturated carbocycles. The average Bonchev–Trinajstić information content (AvgIpc) is 1.93. The van der Waals surface area contributed by atoms with Gasteiger partial charge in [0.05, 0.1) is 18.2 Å². The molecule has 4 heteroatoms. The van der Waals surface area contributed by atoms with Crippen LogP contribution >= 0.6 is 0 Å². The van der Waals surface area contributed by atoms with Crippen molar-refractivity contribution in [2.45, 2.75) is 206 Å². The van der Waals surface area contributed by atoms with Gasteiger partial charge in [-0.05, 0) is 214 Å². The Balaban J connectivity index is 1.23. The summed E-state index contributed by atoms with van der Waals surface area (Å²) in [6.07, 6.45) is 6.51. The fraction of sp³-hybridized carbons (Fsp3) is 0.421. The van der Waals surface area contributed by atoms with Gasteiger partial charge >= 0.3 is 0 Å². The number of benzene rings is 7. The number of furan rings is 1. The zero-order chi connectivity index (χ0) is 61.2. The Hall–Kier alpha value is -6.26. The second kappa shape index (κ2) is 17.2. The minimum absolute atomic E-state index is 0.00540. The molecule has 0 unspecified atom stereocenters. The molecule has 0 atom stereocenters. The van der Waals surface area contributed by atoms with E-state index in [9.17, 15) is 2.74 Å². The van der Waals surface area contributed by atoms with Crippen LogP contribution in [0, 0.1) is 0 Å². The van der Waals surface area contributed by atoms with Crippen LogP contribution in [0.25, 0.3) is 33.2 Å². The molecule has 13 rings (SSSR count). The lowest BCUT2D eigenvalue weighted by atomic mass is 9.35. The highest BCUT2D eigenvalue weighted by atomic mass is 16.3. The maximum absolute atomic E-state index is 9.59. The Morgan fingerprint density at radius 2 is 0.925 bits per heavy atom. The van der Waals surface area contributed by atoms with Crippen molar-refractivity contribution in [3.05, 3.63) is 172 Å². The monoisotopic (exact) mass is 1060 g/mol. The van der Waals surface area contributed by atoms with E-state index in [1.165, 1.54) is 44.4 Å². The maximum Gasteiger partial charge on any atom is 0.297 e. The van der Waals surface area contributed by atoms with Gasteiger partial charge in [-0.3, -0.25) is 0 Å². The molecule has 3 aliphatic carbocycles. The van der Waals surface area contributed by atoms with Crippen LogP contribution in [0.5, 0.6) is 0 Å². The summed E-state index contributed by atoms with van der Waals surface area (Å²) in [5.41, 5.74) is 22.8. The number of hydrogen-bond donors (Lipinski definition) is 0. The molecule has 0 amide bonds. The normalized spacial score (nSPS) is 20.5. The van der Waals surface area contributed by atoms with E-state index >= 15 is 0 Å². The highest BCUT2D eigenvalue weighted by Crippen LogP contribution is 2.56. The van der Waals surface area contributed by atoms with E-state index in [1.807, 2.05) is 0 Å². The topological polar surface area (TPSA) is 19.6 Å². The Kier molecular flexibility index (Phi) is 10.2. The first-order valence-corrected chi connectivity index (χ1v) is 30.0. The first-order chi connectivity index (χ1) is 39.4. The summed E-state index contributed by atoms with van der Waals surface area (Å²) in [7, 11) is 0. The lowest BCUT2D eigenvalue weighted by Gasteiger charge is -2.47. The third-order valence-corrected chi connectivity index (χ3v) is 20.7. The largest absolute Gasteiger partial charge is 0.468 e. The van der Waals surface area contributed by atoms with Gasteiger partial charge in [0, 0.05) is 33.8 Å². The molecule has 0 radical (unpaired) electrons. The fourth-order valence-corrected chi connectivity index (χ4v) is 15.0. The van der Waals surface area contributed by atoms with E-state index in [0.29, 0.717) is 5.56 Å². The predicted octanol–water partition coefficient (Wildman–Crippen LogP) is 19.5. The molecule has 0 spiro atoms. The molecular formula is C76H87BN2O. The summed E-state index contributed by atoms with van der Waals surface area (Å²) >= 11 is 0. The van der Waals surface area contributed by atoms with Gasteiger partial charge in [-0.2, -0.15) is 0 Å². The number of hydrogen-bond acceptors (Lipinski definition) is 3. The minimum atomic E-state index is -0.402. The zero-order valence-corrected chi connectivity index (χ0v) is 51.4. The fourth-order valence-electron chi connectivity index (χ4n) is 15.0. The van der Waals surface area contributed by atoms with Crippen molar-refractivity contribution >= 4 is 68.4 Å². The van der Waals surface area contributed by atoms with Crippen molar-refractivity contribution in [2.24, 2.45) is 0 Å². The third-order valence-electron chi connectivity index (χ3n) is 20.7. The van der Waals surface area contributed by atoms with Crippen molar-refractivity contribution in [2.75, 3.05) is 9.80 Å². The van der Waals surface area contributed by atoms with E-state index < -0.39 is 6.04 Å². The molecule has 3 heterocycles.